The number of halogens is 1. The third kappa shape index (κ3) is 3.09. The molecule has 3 aromatic rings. The predicted molar refractivity (Wildman–Crippen MR) is 107 cm³/mol. The van der Waals surface area contributed by atoms with Crippen molar-refractivity contribution in [2.75, 3.05) is 11.5 Å². The lowest BCUT2D eigenvalue weighted by molar-refractivity contribution is 0.808. The number of nitrogens with two attached hydrogens (primary N) is 1. The third-order valence-electron chi connectivity index (χ3n) is 4.60. The molecule has 25 heavy (non-hydrogen) atoms. The second-order valence-electron chi connectivity index (χ2n) is 6.38. The number of rotatable bonds is 4. The third-order valence-corrected chi connectivity index (χ3v) is 6.02. The highest BCUT2D eigenvalue weighted by Gasteiger charge is 2.19. The van der Waals surface area contributed by atoms with Crippen LogP contribution in [0.15, 0.2) is 35.4 Å². The van der Waals surface area contributed by atoms with Gasteiger partial charge in [0.2, 0.25) is 5.95 Å². The molecule has 0 saturated carbocycles. The Morgan fingerprint density at radius 1 is 1.16 bits per heavy atom. The van der Waals surface area contributed by atoms with E-state index in [0.717, 1.165) is 46.3 Å². The highest BCUT2D eigenvalue weighted by atomic mass is 35.5. The summed E-state index contributed by atoms with van der Waals surface area (Å²) < 4.78 is 0. The van der Waals surface area contributed by atoms with Crippen LogP contribution in [0.25, 0.3) is 22.0 Å². The van der Waals surface area contributed by atoms with Gasteiger partial charge >= 0.3 is 0 Å². The van der Waals surface area contributed by atoms with Crippen LogP contribution in [-0.4, -0.2) is 15.7 Å². The maximum atomic E-state index is 6.70. The van der Waals surface area contributed by atoms with Crippen LogP contribution < -0.4 is 5.73 Å². The molecule has 0 saturated heterocycles. The first-order valence-electron chi connectivity index (χ1n) is 8.68. The number of benzene rings is 2. The smallest absolute Gasteiger partial charge is 0.221 e. The molecule has 0 bridgehead atoms. The first-order valence-corrected chi connectivity index (χ1v) is 10.0. The lowest BCUT2D eigenvalue weighted by Crippen LogP contribution is -2.04. The van der Waals surface area contributed by atoms with E-state index >= 15 is 0 Å². The van der Waals surface area contributed by atoms with Gasteiger partial charge in [0.1, 0.15) is 5.03 Å². The first-order chi connectivity index (χ1) is 12.2. The number of hydrogen-bond acceptors (Lipinski definition) is 4. The molecule has 4 rings (SSSR count). The summed E-state index contributed by atoms with van der Waals surface area (Å²) in [7, 11) is 0. The Hall–Kier alpha value is -1.78. The maximum absolute atomic E-state index is 6.70. The van der Waals surface area contributed by atoms with Crippen molar-refractivity contribution in [2.24, 2.45) is 0 Å². The standard InChI is InChI=1S/C20H20ClN3S/c1-2-9-25-17-11-16(23-20(22)24-17)19-14-8-4-6-12-5-3-7-13(18(12)14)10-15(19)21/h4,6,8,10-11H,2-3,5,7,9H2,1H3,(H2,22,23,24). The minimum absolute atomic E-state index is 0.299. The molecular weight excluding hydrogens is 350 g/mol. The van der Waals surface area contributed by atoms with Crippen LogP contribution >= 0.6 is 23.4 Å². The number of nitrogen functional groups attached to an aromatic ring is 1. The van der Waals surface area contributed by atoms with Gasteiger partial charge in [-0.05, 0) is 65.5 Å². The van der Waals surface area contributed by atoms with Crippen molar-refractivity contribution in [1.82, 2.24) is 9.97 Å². The maximum Gasteiger partial charge on any atom is 0.221 e. The summed E-state index contributed by atoms with van der Waals surface area (Å²) in [4.78, 5) is 8.85. The molecule has 0 fully saturated rings. The Morgan fingerprint density at radius 3 is 2.84 bits per heavy atom. The van der Waals surface area contributed by atoms with Gasteiger partial charge in [-0.25, -0.2) is 9.97 Å². The van der Waals surface area contributed by atoms with E-state index < -0.39 is 0 Å². The van der Waals surface area contributed by atoms with Crippen molar-refractivity contribution in [1.29, 1.82) is 0 Å². The summed E-state index contributed by atoms with van der Waals surface area (Å²) in [6.45, 7) is 2.15. The van der Waals surface area contributed by atoms with E-state index in [9.17, 15) is 0 Å². The van der Waals surface area contributed by atoms with Crippen molar-refractivity contribution in [3.63, 3.8) is 0 Å². The number of nitrogens with zero attached hydrogens (tertiary/aromatic N) is 2. The molecule has 1 aliphatic rings. The molecule has 2 aromatic carbocycles. The summed E-state index contributed by atoms with van der Waals surface area (Å²) in [5, 5.41) is 4.16. The zero-order valence-corrected chi connectivity index (χ0v) is 15.8. The van der Waals surface area contributed by atoms with E-state index in [1.807, 2.05) is 6.07 Å². The fraction of sp³-hybridized carbons (Fsp3) is 0.300. The summed E-state index contributed by atoms with van der Waals surface area (Å²) >= 11 is 8.40. The molecule has 3 nitrogen and oxygen atoms in total. The van der Waals surface area contributed by atoms with Crippen LogP contribution in [0, 0.1) is 0 Å². The topological polar surface area (TPSA) is 51.8 Å². The molecule has 5 heteroatoms. The van der Waals surface area contributed by atoms with Gasteiger partial charge in [-0.1, -0.05) is 36.7 Å². The van der Waals surface area contributed by atoms with Gasteiger partial charge in [0.05, 0.1) is 10.7 Å². The molecule has 128 valence electrons. The molecule has 0 spiro atoms. The highest BCUT2D eigenvalue weighted by molar-refractivity contribution is 7.99. The Morgan fingerprint density at radius 2 is 2.00 bits per heavy atom. The van der Waals surface area contributed by atoms with Crippen molar-refractivity contribution in [3.8, 4) is 11.3 Å². The monoisotopic (exact) mass is 369 g/mol. The largest absolute Gasteiger partial charge is 0.368 e. The molecular formula is C20H20ClN3S. The van der Waals surface area contributed by atoms with E-state index in [2.05, 4.69) is 41.2 Å². The summed E-state index contributed by atoms with van der Waals surface area (Å²) in [5.74, 6) is 1.31. The second kappa shape index (κ2) is 6.85. The normalized spacial score (nSPS) is 13.4. The number of hydrogen-bond donors (Lipinski definition) is 1. The van der Waals surface area contributed by atoms with E-state index in [0.29, 0.717) is 5.95 Å². The van der Waals surface area contributed by atoms with Gasteiger partial charge in [-0.2, -0.15) is 0 Å². The molecule has 0 amide bonds. The Kier molecular flexibility index (Phi) is 4.57. The fourth-order valence-corrected chi connectivity index (χ4v) is 4.70. The SMILES string of the molecule is CCCSc1cc(-c2c(Cl)cc3c4c(cccc24)CCC3)nc(N)n1. The van der Waals surface area contributed by atoms with Crippen LogP contribution in [0.4, 0.5) is 5.95 Å². The zero-order valence-electron chi connectivity index (χ0n) is 14.2. The number of aromatic nitrogens is 2. The van der Waals surface area contributed by atoms with E-state index in [1.165, 1.54) is 28.3 Å². The minimum atomic E-state index is 0.299. The van der Waals surface area contributed by atoms with Crippen molar-refractivity contribution in [3.05, 3.63) is 46.5 Å². The second-order valence-corrected chi connectivity index (χ2v) is 7.91. The summed E-state index contributed by atoms with van der Waals surface area (Å²) in [6.07, 6.45) is 4.47. The molecule has 1 aliphatic carbocycles. The lowest BCUT2D eigenvalue weighted by Gasteiger charge is -2.20. The predicted octanol–water partition coefficient (Wildman–Crippen LogP) is 5.52. The van der Waals surface area contributed by atoms with Gasteiger partial charge < -0.3 is 5.73 Å². The fourth-order valence-electron chi connectivity index (χ4n) is 3.60. The number of thioether (sulfide) groups is 1. The van der Waals surface area contributed by atoms with Crippen LogP contribution in [0.2, 0.25) is 5.02 Å². The first kappa shape index (κ1) is 16.7. The van der Waals surface area contributed by atoms with Crippen LogP contribution in [0.3, 0.4) is 0 Å². The average molecular weight is 370 g/mol. The van der Waals surface area contributed by atoms with Gasteiger partial charge in [-0.15, -0.1) is 11.8 Å². The van der Waals surface area contributed by atoms with E-state index in [1.54, 1.807) is 11.8 Å². The van der Waals surface area contributed by atoms with Gasteiger partial charge in [-0.3, -0.25) is 0 Å². The zero-order chi connectivity index (χ0) is 17.4. The average Bonchev–Trinajstić information content (AvgIpc) is 2.60. The number of anilines is 1. The lowest BCUT2D eigenvalue weighted by atomic mass is 9.86. The molecule has 0 radical (unpaired) electrons. The quantitative estimate of drug-likeness (QED) is 0.485. The van der Waals surface area contributed by atoms with Crippen molar-refractivity contribution >= 4 is 40.1 Å². The van der Waals surface area contributed by atoms with Gasteiger partial charge in [0, 0.05) is 5.56 Å². The van der Waals surface area contributed by atoms with Crippen LogP contribution in [-0.2, 0) is 12.8 Å². The molecule has 0 aliphatic heterocycles. The highest BCUT2D eigenvalue weighted by Crippen LogP contribution is 2.41. The Labute approximate surface area is 157 Å². The number of aryl methyl sites for hydroxylation is 2. The van der Waals surface area contributed by atoms with Crippen molar-refractivity contribution < 1.29 is 0 Å². The van der Waals surface area contributed by atoms with E-state index in [4.69, 9.17) is 17.3 Å². The summed E-state index contributed by atoms with van der Waals surface area (Å²) in [5.41, 5.74) is 10.5. The Balaban J connectivity index is 1.95. The summed E-state index contributed by atoms with van der Waals surface area (Å²) in [6, 6.07) is 10.6. The van der Waals surface area contributed by atoms with Gasteiger partial charge in [0.25, 0.3) is 0 Å². The molecule has 0 atom stereocenters. The minimum Gasteiger partial charge on any atom is -0.368 e. The molecule has 1 heterocycles. The van der Waals surface area contributed by atoms with Crippen LogP contribution in [0.1, 0.15) is 30.9 Å². The van der Waals surface area contributed by atoms with Gasteiger partial charge in [0.15, 0.2) is 0 Å². The molecule has 0 unspecified atom stereocenters. The molecule has 2 N–H and O–H groups in total. The van der Waals surface area contributed by atoms with Crippen LogP contribution in [0.5, 0.6) is 0 Å². The Bertz CT molecular complexity index is 955. The van der Waals surface area contributed by atoms with E-state index in [-0.39, 0.29) is 0 Å². The van der Waals surface area contributed by atoms with Crippen molar-refractivity contribution in [2.45, 2.75) is 37.6 Å². The molecule has 1 aromatic heterocycles.